The predicted molar refractivity (Wildman–Crippen MR) is 79.4 cm³/mol. The molecule has 2 atom stereocenters. The van der Waals surface area contributed by atoms with Crippen molar-refractivity contribution < 1.29 is 4.79 Å². The van der Waals surface area contributed by atoms with Crippen LogP contribution in [0, 0.1) is 0 Å². The number of aromatic nitrogens is 2. The van der Waals surface area contributed by atoms with Crippen molar-refractivity contribution in [3.8, 4) is 0 Å². The number of hydrogen-bond acceptors (Lipinski definition) is 3. The van der Waals surface area contributed by atoms with Crippen LogP contribution in [0.15, 0.2) is 18.5 Å². The average Bonchev–Trinajstić information content (AvgIpc) is 3.10. The highest BCUT2D eigenvalue weighted by atomic mass is 16.1. The second-order valence-corrected chi connectivity index (χ2v) is 5.77. The zero-order valence-corrected chi connectivity index (χ0v) is 12.5. The summed E-state index contributed by atoms with van der Waals surface area (Å²) in [5.41, 5.74) is 0. The standard InChI is InChI=1S/C15H26N4O/c1-12(13(2)19-11-5-9-17-19)16-10-8-15(20)18-14-6-3-4-7-14/h5,9,11-14,16H,3-4,6-8,10H2,1-2H3,(H,18,20)/t12-,13-/m0/s1. The maximum Gasteiger partial charge on any atom is 0.221 e. The summed E-state index contributed by atoms with van der Waals surface area (Å²) in [7, 11) is 0. The summed E-state index contributed by atoms with van der Waals surface area (Å²) < 4.78 is 1.94. The molecular formula is C15H26N4O. The molecule has 2 N–H and O–H groups in total. The van der Waals surface area contributed by atoms with Crippen molar-refractivity contribution in [2.75, 3.05) is 6.54 Å². The summed E-state index contributed by atoms with van der Waals surface area (Å²) in [6, 6.07) is 2.91. The minimum absolute atomic E-state index is 0.170. The van der Waals surface area contributed by atoms with Crippen molar-refractivity contribution >= 4 is 5.91 Å². The Hall–Kier alpha value is -1.36. The Balaban J connectivity index is 1.63. The van der Waals surface area contributed by atoms with Gasteiger partial charge in [-0.1, -0.05) is 12.8 Å². The van der Waals surface area contributed by atoms with Gasteiger partial charge in [-0.3, -0.25) is 9.48 Å². The van der Waals surface area contributed by atoms with E-state index in [0.717, 1.165) is 12.8 Å². The molecule has 0 radical (unpaired) electrons. The van der Waals surface area contributed by atoms with E-state index in [1.807, 2.05) is 16.9 Å². The maximum atomic E-state index is 11.8. The monoisotopic (exact) mass is 278 g/mol. The average molecular weight is 278 g/mol. The highest BCUT2D eigenvalue weighted by Crippen LogP contribution is 2.17. The van der Waals surface area contributed by atoms with E-state index in [0.29, 0.717) is 19.0 Å². The highest BCUT2D eigenvalue weighted by molar-refractivity contribution is 5.76. The Morgan fingerprint density at radius 1 is 1.40 bits per heavy atom. The van der Waals surface area contributed by atoms with Crippen LogP contribution in [-0.4, -0.2) is 34.3 Å². The van der Waals surface area contributed by atoms with E-state index in [9.17, 15) is 4.79 Å². The van der Waals surface area contributed by atoms with Gasteiger partial charge in [-0.05, 0) is 32.8 Å². The van der Waals surface area contributed by atoms with Gasteiger partial charge in [0.15, 0.2) is 0 Å². The van der Waals surface area contributed by atoms with E-state index >= 15 is 0 Å². The Bertz CT molecular complexity index is 398. The van der Waals surface area contributed by atoms with E-state index in [-0.39, 0.29) is 18.0 Å². The molecule has 1 fully saturated rings. The first-order valence-electron chi connectivity index (χ1n) is 7.68. The number of rotatable bonds is 7. The molecule has 112 valence electrons. The van der Waals surface area contributed by atoms with Crippen LogP contribution < -0.4 is 10.6 Å². The third kappa shape index (κ3) is 4.34. The zero-order valence-electron chi connectivity index (χ0n) is 12.5. The third-order valence-corrected chi connectivity index (χ3v) is 4.20. The van der Waals surface area contributed by atoms with Crippen LogP contribution in [0.3, 0.4) is 0 Å². The summed E-state index contributed by atoms with van der Waals surface area (Å²) in [6.07, 6.45) is 9.10. The molecule has 1 amide bonds. The van der Waals surface area contributed by atoms with Gasteiger partial charge in [0.1, 0.15) is 0 Å². The fourth-order valence-electron chi connectivity index (χ4n) is 2.70. The van der Waals surface area contributed by atoms with Gasteiger partial charge in [-0.25, -0.2) is 0 Å². The van der Waals surface area contributed by atoms with Crippen LogP contribution in [0.4, 0.5) is 0 Å². The van der Waals surface area contributed by atoms with Crippen molar-refractivity contribution in [2.45, 2.75) is 64.1 Å². The summed E-state index contributed by atoms with van der Waals surface area (Å²) in [4.78, 5) is 11.8. The van der Waals surface area contributed by atoms with Gasteiger partial charge >= 0.3 is 0 Å². The second-order valence-electron chi connectivity index (χ2n) is 5.77. The molecule has 2 rings (SSSR count). The van der Waals surface area contributed by atoms with E-state index in [1.165, 1.54) is 12.8 Å². The van der Waals surface area contributed by atoms with Crippen LogP contribution in [0.2, 0.25) is 0 Å². The zero-order chi connectivity index (χ0) is 14.4. The summed E-state index contributed by atoms with van der Waals surface area (Å²) in [5.74, 6) is 0.170. The number of carbonyl (C=O) groups excluding carboxylic acids is 1. The molecule has 1 aliphatic carbocycles. The minimum atomic E-state index is 0.170. The van der Waals surface area contributed by atoms with E-state index in [2.05, 4.69) is 29.6 Å². The molecule has 1 aromatic rings. The topological polar surface area (TPSA) is 59.0 Å². The van der Waals surface area contributed by atoms with Gasteiger partial charge in [0.05, 0.1) is 6.04 Å². The molecule has 0 aromatic carbocycles. The molecular weight excluding hydrogens is 252 g/mol. The van der Waals surface area contributed by atoms with Gasteiger partial charge < -0.3 is 10.6 Å². The number of amides is 1. The van der Waals surface area contributed by atoms with Crippen molar-refractivity contribution in [1.29, 1.82) is 0 Å². The molecule has 20 heavy (non-hydrogen) atoms. The first-order valence-corrected chi connectivity index (χ1v) is 7.68. The lowest BCUT2D eigenvalue weighted by atomic mass is 10.1. The maximum absolute atomic E-state index is 11.8. The largest absolute Gasteiger partial charge is 0.353 e. The van der Waals surface area contributed by atoms with Gasteiger partial charge in [-0.2, -0.15) is 5.10 Å². The number of hydrogen-bond donors (Lipinski definition) is 2. The Labute approximate surface area is 121 Å². The molecule has 0 spiro atoms. The number of nitrogens with one attached hydrogen (secondary N) is 2. The fraction of sp³-hybridized carbons (Fsp3) is 0.733. The van der Waals surface area contributed by atoms with Crippen molar-refractivity contribution in [1.82, 2.24) is 20.4 Å². The lowest BCUT2D eigenvalue weighted by Crippen LogP contribution is -2.38. The molecule has 0 saturated heterocycles. The Morgan fingerprint density at radius 3 is 2.80 bits per heavy atom. The highest BCUT2D eigenvalue weighted by Gasteiger charge is 2.17. The van der Waals surface area contributed by atoms with E-state index in [4.69, 9.17) is 0 Å². The fourth-order valence-corrected chi connectivity index (χ4v) is 2.70. The predicted octanol–water partition coefficient (Wildman–Crippen LogP) is 1.87. The SMILES string of the molecule is C[C@H](NCCC(=O)NC1CCCC1)[C@H](C)n1cccn1. The number of carbonyl (C=O) groups is 1. The first kappa shape index (κ1) is 15.0. The molecule has 1 saturated carbocycles. The normalized spacial score (nSPS) is 18.9. The van der Waals surface area contributed by atoms with Crippen LogP contribution in [0.1, 0.15) is 52.0 Å². The third-order valence-electron chi connectivity index (χ3n) is 4.20. The van der Waals surface area contributed by atoms with Gasteiger partial charge in [0, 0.05) is 37.4 Å². The van der Waals surface area contributed by atoms with E-state index < -0.39 is 0 Å². The van der Waals surface area contributed by atoms with Crippen molar-refractivity contribution in [3.05, 3.63) is 18.5 Å². The Morgan fingerprint density at radius 2 is 2.15 bits per heavy atom. The molecule has 1 aliphatic rings. The van der Waals surface area contributed by atoms with Crippen molar-refractivity contribution in [3.63, 3.8) is 0 Å². The van der Waals surface area contributed by atoms with E-state index in [1.54, 1.807) is 6.20 Å². The Kier molecular flexibility index (Phi) is 5.59. The lowest BCUT2D eigenvalue weighted by molar-refractivity contribution is -0.121. The van der Waals surface area contributed by atoms with Crippen LogP contribution >= 0.6 is 0 Å². The van der Waals surface area contributed by atoms with Gasteiger partial charge in [-0.15, -0.1) is 0 Å². The molecule has 1 aromatic heterocycles. The summed E-state index contributed by atoms with van der Waals surface area (Å²) in [5, 5.41) is 10.8. The quantitative estimate of drug-likeness (QED) is 0.800. The second kappa shape index (κ2) is 7.43. The van der Waals surface area contributed by atoms with Crippen LogP contribution in [0.5, 0.6) is 0 Å². The van der Waals surface area contributed by atoms with Crippen molar-refractivity contribution in [2.24, 2.45) is 0 Å². The summed E-state index contributed by atoms with van der Waals surface area (Å²) in [6.45, 7) is 4.97. The minimum Gasteiger partial charge on any atom is -0.353 e. The molecule has 1 heterocycles. The summed E-state index contributed by atoms with van der Waals surface area (Å²) >= 11 is 0. The van der Waals surface area contributed by atoms with Crippen LogP contribution in [0.25, 0.3) is 0 Å². The van der Waals surface area contributed by atoms with Gasteiger partial charge in [0.2, 0.25) is 5.91 Å². The first-order chi connectivity index (χ1) is 9.66. The molecule has 0 unspecified atom stereocenters. The van der Waals surface area contributed by atoms with Gasteiger partial charge in [0.25, 0.3) is 0 Å². The molecule has 0 aliphatic heterocycles. The number of nitrogens with zero attached hydrogens (tertiary/aromatic N) is 2. The molecule has 0 bridgehead atoms. The molecule has 5 heteroatoms. The lowest BCUT2D eigenvalue weighted by Gasteiger charge is -2.22. The van der Waals surface area contributed by atoms with Crippen LogP contribution in [-0.2, 0) is 4.79 Å². The molecule has 5 nitrogen and oxygen atoms in total. The smallest absolute Gasteiger partial charge is 0.221 e.